The molecule has 0 spiro atoms. The first-order valence-corrected chi connectivity index (χ1v) is 7.80. The lowest BCUT2D eigenvalue weighted by Crippen LogP contribution is -2.29. The molecule has 0 fully saturated rings. The summed E-state index contributed by atoms with van der Waals surface area (Å²) in [5.74, 6) is 5.89. The van der Waals surface area contributed by atoms with Crippen molar-refractivity contribution >= 4 is 15.9 Å². The Hall–Kier alpha value is -1.23. The second-order valence-electron chi connectivity index (χ2n) is 5.52. The lowest BCUT2D eigenvalue weighted by molar-refractivity contribution is 0.544. The molecule has 2 rings (SSSR count). The number of nitrogens with one attached hydrogen (secondary N) is 1. The molecule has 0 aliphatic heterocycles. The van der Waals surface area contributed by atoms with Gasteiger partial charge in [-0.05, 0) is 47.2 Å². The Morgan fingerprint density at radius 1 is 1.10 bits per heavy atom. The van der Waals surface area contributed by atoms with E-state index in [4.69, 9.17) is 5.84 Å². The van der Waals surface area contributed by atoms with Crippen molar-refractivity contribution in [2.75, 3.05) is 0 Å². The molecule has 2 aromatic carbocycles. The summed E-state index contributed by atoms with van der Waals surface area (Å²) in [7, 11) is 0. The number of hydrazine groups is 1. The van der Waals surface area contributed by atoms with Crippen molar-refractivity contribution in [3.63, 3.8) is 0 Å². The van der Waals surface area contributed by atoms with E-state index in [9.17, 15) is 4.39 Å². The van der Waals surface area contributed by atoms with Crippen LogP contribution in [0.15, 0.2) is 46.9 Å². The Labute approximate surface area is 133 Å². The third-order valence-corrected chi connectivity index (χ3v) is 4.03. The van der Waals surface area contributed by atoms with Gasteiger partial charge in [0, 0.05) is 4.47 Å². The van der Waals surface area contributed by atoms with E-state index in [2.05, 4.69) is 59.5 Å². The van der Waals surface area contributed by atoms with Gasteiger partial charge in [-0.25, -0.2) is 4.39 Å². The van der Waals surface area contributed by atoms with Gasteiger partial charge in [0.05, 0.1) is 6.04 Å². The second-order valence-corrected chi connectivity index (χ2v) is 6.44. The first-order chi connectivity index (χ1) is 9.99. The molecule has 112 valence electrons. The van der Waals surface area contributed by atoms with Crippen LogP contribution in [-0.2, 0) is 6.42 Å². The molecule has 0 amide bonds. The highest BCUT2D eigenvalue weighted by Gasteiger charge is 2.13. The van der Waals surface area contributed by atoms with Gasteiger partial charge in [0.1, 0.15) is 5.82 Å². The van der Waals surface area contributed by atoms with Gasteiger partial charge in [0.15, 0.2) is 0 Å². The predicted octanol–water partition coefficient (Wildman–Crippen LogP) is 4.46. The van der Waals surface area contributed by atoms with E-state index in [1.54, 1.807) is 0 Å². The van der Waals surface area contributed by atoms with Crippen LogP contribution in [0.5, 0.6) is 0 Å². The van der Waals surface area contributed by atoms with E-state index in [1.807, 2.05) is 6.07 Å². The Bertz CT molecular complexity index is 576. The van der Waals surface area contributed by atoms with Crippen LogP contribution < -0.4 is 11.3 Å². The maximum atomic E-state index is 13.5. The van der Waals surface area contributed by atoms with Crippen molar-refractivity contribution in [2.24, 2.45) is 5.84 Å². The maximum absolute atomic E-state index is 13.5. The molecule has 0 radical (unpaired) electrons. The Morgan fingerprint density at radius 3 is 2.29 bits per heavy atom. The molecule has 21 heavy (non-hydrogen) atoms. The lowest BCUT2D eigenvalue weighted by atomic mass is 9.96. The number of hydrogen-bond donors (Lipinski definition) is 2. The molecule has 0 aromatic heterocycles. The number of halogens is 2. The molecule has 0 bridgehead atoms. The summed E-state index contributed by atoms with van der Waals surface area (Å²) in [6.45, 7) is 4.34. The smallest absolute Gasteiger partial charge is 0.124 e. The minimum Gasteiger partial charge on any atom is -0.271 e. The molecule has 4 heteroatoms. The summed E-state index contributed by atoms with van der Waals surface area (Å²) in [5.41, 5.74) is 6.08. The van der Waals surface area contributed by atoms with Crippen LogP contribution in [0, 0.1) is 5.82 Å². The standard InChI is InChI=1S/C17H20BrFN2/c1-11(2)13-5-3-12(4-6-13)7-17(21-20)14-8-15(18)10-16(19)9-14/h3-6,8-11,17,21H,7,20H2,1-2H3. The molecule has 1 unspecified atom stereocenters. The van der Waals surface area contributed by atoms with E-state index in [0.29, 0.717) is 16.8 Å². The quantitative estimate of drug-likeness (QED) is 0.617. The highest BCUT2D eigenvalue weighted by Crippen LogP contribution is 2.24. The van der Waals surface area contributed by atoms with Crippen LogP contribution in [0.4, 0.5) is 4.39 Å². The molecular formula is C17H20BrFN2. The Balaban J connectivity index is 2.18. The van der Waals surface area contributed by atoms with E-state index >= 15 is 0 Å². The second kappa shape index (κ2) is 7.16. The fourth-order valence-corrected chi connectivity index (χ4v) is 2.81. The number of rotatable bonds is 5. The van der Waals surface area contributed by atoms with Gasteiger partial charge in [0.2, 0.25) is 0 Å². The third kappa shape index (κ3) is 4.37. The molecule has 2 aromatic rings. The summed E-state index contributed by atoms with van der Waals surface area (Å²) in [6, 6.07) is 13.2. The molecule has 2 nitrogen and oxygen atoms in total. The SMILES string of the molecule is CC(C)c1ccc(CC(NN)c2cc(F)cc(Br)c2)cc1. The largest absolute Gasteiger partial charge is 0.271 e. The summed E-state index contributed by atoms with van der Waals surface area (Å²) in [4.78, 5) is 0. The van der Waals surface area contributed by atoms with Gasteiger partial charge >= 0.3 is 0 Å². The van der Waals surface area contributed by atoms with E-state index < -0.39 is 0 Å². The molecule has 0 aliphatic rings. The summed E-state index contributed by atoms with van der Waals surface area (Å²) >= 11 is 3.31. The third-order valence-electron chi connectivity index (χ3n) is 3.57. The fourth-order valence-electron chi connectivity index (χ4n) is 2.32. The highest BCUT2D eigenvalue weighted by atomic mass is 79.9. The van der Waals surface area contributed by atoms with Crippen LogP contribution >= 0.6 is 15.9 Å². The Morgan fingerprint density at radius 2 is 1.76 bits per heavy atom. The van der Waals surface area contributed by atoms with Gasteiger partial charge in [0.25, 0.3) is 0 Å². The Kier molecular flexibility index (Phi) is 5.51. The van der Waals surface area contributed by atoms with Gasteiger partial charge in [-0.1, -0.05) is 54.0 Å². The lowest BCUT2D eigenvalue weighted by Gasteiger charge is -2.17. The molecule has 0 saturated carbocycles. The minimum atomic E-state index is -0.269. The average molecular weight is 351 g/mol. The molecule has 1 atom stereocenters. The van der Waals surface area contributed by atoms with Crippen LogP contribution in [0.2, 0.25) is 0 Å². The zero-order chi connectivity index (χ0) is 15.4. The molecular weight excluding hydrogens is 331 g/mol. The van der Waals surface area contributed by atoms with Crippen molar-refractivity contribution in [2.45, 2.75) is 32.2 Å². The van der Waals surface area contributed by atoms with Crippen molar-refractivity contribution in [3.8, 4) is 0 Å². The zero-order valence-corrected chi connectivity index (χ0v) is 13.8. The first-order valence-electron chi connectivity index (χ1n) is 7.00. The highest BCUT2D eigenvalue weighted by molar-refractivity contribution is 9.10. The summed E-state index contributed by atoms with van der Waals surface area (Å²) in [5, 5.41) is 0. The van der Waals surface area contributed by atoms with Gasteiger partial charge < -0.3 is 0 Å². The minimum absolute atomic E-state index is 0.123. The first kappa shape index (κ1) is 16.1. The monoisotopic (exact) mass is 350 g/mol. The molecule has 0 aliphatic carbocycles. The molecule has 3 N–H and O–H groups in total. The normalized spacial score (nSPS) is 12.7. The number of nitrogens with two attached hydrogens (primary N) is 1. The van der Waals surface area contributed by atoms with Crippen molar-refractivity contribution in [3.05, 3.63) is 69.4 Å². The predicted molar refractivity (Wildman–Crippen MR) is 88.4 cm³/mol. The number of benzene rings is 2. The van der Waals surface area contributed by atoms with Crippen molar-refractivity contribution < 1.29 is 4.39 Å². The van der Waals surface area contributed by atoms with E-state index in [1.165, 1.54) is 23.3 Å². The van der Waals surface area contributed by atoms with Crippen molar-refractivity contribution in [1.29, 1.82) is 0 Å². The van der Waals surface area contributed by atoms with E-state index in [0.717, 1.165) is 5.56 Å². The molecule has 0 heterocycles. The van der Waals surface area contributed by atoms with E-state index in [-0.39, 0.29) is 11.9 Å². The molecule has 0 saturated heterocycles. The van der Waals surface area contributed by atoms with Gasteiger partial charge in [-0.15, -0.1) is 0 Å². The maximum Gasteiger partial charge on any atom is 0.124 e. The average Bonchev–Trinajstić information content (AvgIpc) is 2.44. The van der Waals surface area contributed by atoms with Gasteiger partial charge in [-0.3, -0.25) is 11.3 Å². The summed E-state index contributed by atoms with van der Waals surface area (Å²) in [6.07, 6.45) is 0.713. The van der Waals surface area contributed by atoms with Crippen LogP contribution in [-0.4, -0.2) is 0 Å². The van der Waals surface area contributed by atoms with Crippen LogP contribution in [0.1, 0.15) is 42.5 Å². The van der Waals surface area contributed by atoms with Crippen LogP contribution in [0.3, 0.4) is 0 Å². The van der Waals surface area contributed by atoms with Crippen molar-refractivity contribution in [1.82, 2.24) is 5.43 Å². The summed E-state index contributed by atoms with van der Waals surface area (Å²) < 4.78 is 14.2. The topological polar surface area (TPSA) is 38.0 Å². The number of hydrogen-bond acceptors (Lipinski definition) is 2. The fraction of sp³-hybridized carbons (Fsp3) is 0.294. The van der Waals surface area contributed by atoms with Gasteiger partial charge in [-0.2, -0.15) is 0 Å². The van der Waals surface area contributed by atoms with Crippen LogP contribution in [0.25, 0.3) is 0 Å². The zero-order valence-electron chi connectivity index (χ0n) is 12.2.